The molecule has 8 heteroatoms. The second-order valence-corrected chi connectivity index (χ2v) is 7.43. The van der Waals surface area contributed by atoms with Crippen LogP contribution in [0.3, 0.4) is 0 Å². The summed E-state index contributed by atoms with van der Waals surface area (Å²) in [5, 5.41) is 5.68. The van der Waals surface area contributed by atoms with Crippen molar-refractivity contribution in [1.82, 2.24) is 9.38 Å². The highest BCUT2D eigenvalue weighted by Crippen LogP contribution is 2.28. The van der Waals surface area contributed by atoms with Crippen molar-refractivity contribution in [2.24, 2.45) is 0 Å². The van der Waals surface area contributed by atoms with Crippen molar-refractivity contribution in [1.29, 1.82) is 0 Å². The Labute approximate surface area is 169 Å². The van der Waals surface area contributed by atoms with Gasteiger partial charge in [-0.2, -0.15) is 0 Å². The summed E-state index contributed by atoms with van der Waals surface area (Å²) in [6.07, 6.45) is 3.91. The van der Waals surface area contributed by atoms with Crippen molar-refractivity contribution >= 4 is 51.1 Å². The second-order valence-electron chi connectivity index (χ2n) is 5.71. The van der Waals surface area contributed by atoms with Gasteiger partial charge in [0.25, 0.3) is 5.91 Å². The first-order chi connectivity index (χ1) is 13.1. The number of carbonyl (C=O) groups excluding carboxylic acids is 1. The van der Waals surface area contributed by atoms with E-state index in [0.29, 0.717) is 21.5 Å². The molecule has 0 fully saturated rings. The van der Waals surface area contributed by atoms with Gasteiger partial charge in [0.05, 0.1) is 10.7 Å². The summed E-state index contributed by atoms with van der Waals surface area (Å²) in [7, 11) is 0. The molecule has 0 saturated carbocycles. The number of benzene rings is 2. The van der Waals surface area contributed by atoms with Crippen molar-refractivity contribution in [2.75, 3.05) is 11.9 Å². The van der Waals surface area contributed by atoms with Crippen LogP contribution in [-0.2, 0) is 4.79 Å². The molecule has 0 radical (unpaired) electrons. The van der Waals surface area contributed by atoms with E-state index in [2.05, 4.69) is 10.3 Å². The molecule has 0 spiro atoms. The van der Waals surface area contributed by atoms with E-state index < -0.39 is 0 Å². The van der Waals surface area contributed by atoms with Gasteiger partial charge in [-0.25, -0.2) is 4.98 Å². The average molecular weight is 418 g/mol. The van der Waals surface area contributed by atoms with Gasteiger partial charge in [-0.3, -0.25) is 9.20 Å². The van der Waals surface area contributed by atoms with Gasteiger partial charge in [-0.1, -0.05) is 35.3 Å². The minimum Gasteiger partial charge on any atom is -0.482 e. The van der Waals surface area contributed by atoms with Crippen molar-refractivity contribution < 1.29 is 9.53 Å². The van der Waals surface area contributed by atoms with E-state index in [1.54, 1.807) is 29.5 Å². The number of carbonyl (C=O) groups is 1. The smallest absolute Gasteiger partial charge is 0.262 e. The molecule has 136 valence electrons. The van der Waals surface area contributed by atoms with E-state index in [0.717, 1.165) is 16.2 Å². The fourth-order valence-electron chi connectivity index (χ4n) is 2.55. The second kappa shape index (κ2) is 7.60. The Hall–Kier alpha value is -2.54. The Balaban J connectivity index is 1.44. The number of thiazole rings is 1. The highest BCUT2D eigenvalue weighted by atomic mass is 35.5. The number of fused-ring (bicyclic) bond motifs is 1. The molecule has 0 aliphatic carbocycles. The van der Waals surface area contributed by atoms with Crippen LogP contribution in [-0.4, -0.2) is 21.9 Å². The molecule has 0 atom stereocenters. The molecule has 5 nitrogen and oxygen atoms in total. The third kappa shape index (κ3) is 4.08. The molecule has 1 amide bonds. The first-order valence-corrected chi connectivity index (χ1v) is 9.62. The largest absolute Gasteiger partial charge is 0.482 e. The number of imidazole rings is 1. The van der Waals surface area contributed by atoms with Crippen LogP contribution in [0.4, 0.5) is 5.69 Å². The lowest BCUT2D eigenvalue weighted by molar-refractivity contribution is -0.118. The Morgan fingerprint density at radius 2 is 2.11 bits per heavy atom. The van der Waals surface area contributed by atoms with E-state index in [4.69, 9.17) is 27.9 Å². The fraction of sp³-hybridized carbons (Fsp3) is 0.0526. The van der Waals surface area contributed by atoms with Crippen LogP contribution >= 0.6 is 34.5 Å². The summed E-state index contributed by atoms with van der Waals surface area (Å²) in [4.78, 5) is 17.7. The van der Waals surface area contributed by atoms with Crippen molar-refractivity contribution in [3.63, 3.8) is 0 Å². The first kappa shape index (κ1) is 17.9. The normalized spacial score (nSPS) is 10.9. The number of nitrogens with one attached hydrogen (secondary N) is 1. The highest BCUT2D eigenvalue weighted by molar-refractivity contribution is 7.15. The van der Waals surface area contributed by atoms with Crippen LogP contribution in [0, 0.1) is 0 Å². The molecule has 4 rings (SSSR count). The van der Waals surface area contributed by atoms with Crippen LogP contribution in [0.1, 0.15) is 0 Å². The van der Waals surface area contributed by atoms with E-state index in [-0.39, 0.29) is 12.5 Å². The maximum absolute atomic E-state index is 12.2. The molecule has 0 aliphatic heterocycles. The summed E-state index contributed by atoms with van der Waals surface area (Å²) in [5.41, 5.74) is 2.43. The van der Waals surface area contributed by atoms with Gasteiger partial charge in [0.2, 0.25) is 0 Å². The summed E-state index contributed by atoms with van der Waals surface area (Å²) in [6.45, 7) is -0.176. The lowest BCUT2D eigenvalue weighted by atomic mass is 10.1. The average Bonchev–Trinajstić information content (AvgIpc) is 3.25. The molecule has 2 aromatic carbocycles. The van der Waals surface area contributed by atoms with Crippen molar-refractivity contribution in [2.45, 2.75) is 0 Å². The molecular formula is C19H13Cl2N3O2S. The molecule has 2 aromatic heterocycles. The summed E-state index contributed by atoms with van der Waals surface area (Å²) in [6, 6.07) is 12.3. The van der Waals surface area contributed by atoms with Gasteiger partial charge < -0.3 is 10.1 Å². The van der Waals surface area contributed by atoms with E-state index in [9.17, 15) is 4.79 Å². The van der Waals surface area contributed by atoms with E-state index in [1.807, 2.05) is 46.4 Å². The Kier molecular flexibility index (Phi) is 5.03. The van der Waals surface area contributed by atoms with Gasteiger partial charge in [0, 0.05) is 40.1 Å². The molecule has 0 bridgehead atoms. The zero-order valence-electron chi connectivity index (χ0n) is 13.9. The van der Waals surface area contributed by atoms with Crippen molar-refractivity contribution in [3.05, 3.63) is 70.3 Å². The lowest BCUT2D eigenvalue weighted by Crippen LogP contribution is -2.20. The number of aromatic nitrogens is 2. The number of rotatable bonds is 5. The van der Waals surface area contributed by atoms with Crippen LogP contribution in [0.5, 0.6) is 5.75 Å². The van der Waals surface area contributed by atoms with Gasteiger partial charge >= 0.3 is 0 Å². The molecule has 0 unspecified atom stereocenters. The molecule has 0 aliphatic rings. The number of halogens is 2. The van der Waals surface area contributed by atoms with Crippen LogP contribution in [0.15, 0.2) is 60.2 Å². The summed E-state index contributed by atoms with van der Waals surface area (Å²) < 4.78 is 7.42. The van der Waals surface area contributed by atoms with Gasteiger partial charge in [0.15, 0.2) is 11.6 Å². The Bertz CT molecular complexity index is 1090. The molecule has 1 N–H and O–H groups in total. The molecule has 27 heavy (non-hydrogen) atoms. The van der Waals surface area contributed by atoms with Crippen LogP contribution in [0.25, 0.3) is 16.2 Å². The maximum Gasteiger partial charge on any atom is 0.262 e. The van der Waals surface area contributed by atoms with Gasteiger partial charge in [0.1, 0.15) is 5.75 Å². The lowest BCUT2D eigenvalue weighted by Gasteiger charge is -2.09. The standard InChI is InChI=1S/C19H13Cl2N3O2S/c20-13-4-5-15(21)17(9-13)26-11-18(25)22-14-3-1-2-12(8-14)16-10-24-6-7-27-19(24)23-16/h1-10H,11H2,(H,22,25). The summed E-state index contributed by atoms with van der Waals surface area (Å²) in [5.74, 6) is 0.0696. The number of amides is 1. The number of hydrogen-bond donors (Lipinski definition) is 1. The quantitative estimate of drug-likeness (QED) is 0.473. The Morgan fingerprint density at radius 3 is 2.96 bits per heavy atom. The Morgan fingerprint density at radius 1 is 1.22 bits per heavy atom. The predicted molar refractivity (Wildman–Crippen MR) is 109 cm³/mol. The molecule has 2 heterocycles. The number of anilines is 1. The summed E-state index contributed by atoms with van der Waals surface area (Å²) >= 11 is 13.5. The van der Waals surface area contributed by atoms with Crippen LogP contribution in [0.2, 0.25) is 10.0 Å². The number of ether oxygens (including phenoxy) is 1. The van der Waals surface area contributed by atoms with Crippen LogP contribution < -0.4 is 10.1 Å². The third-order valence-electron chi connectivity index (χ3n) is 3.79. The molecule has 0 saturated heterocycles. The van der Waals surface area contributed by atoms with Gasteiger partial charge in [-0.05, 0) is 24.3 Å². The van der Waals surface area contributed by atoms with E-state index in [1.165, 1.54) is 0 Å². The molecular weight excluding hydrogens is 405 g/mol. The topological polar surface area (TPSA) is 55.6 Å². The highest BCUT2D eigenvalue weighted by Gasteiger charge is 2.09. The van der Waals surface area contributed by atoms with Crippen molar-refractivity contribution in [3.8, 4) is 17.0 Å². The SMILES string of the molecule is O=C(COc1cc(Cl)ccc1Cl)Nc1cccc(-c2cn3ccsc3n2)c1. The maximum atomic E-state index is 12.2. The third-order valence-corrected chi connectivity index (χ3v) is 5.11. The number of nitrogens with zero attached hydrogens (tertiary/aromatic N) is 2. The monoisotopic (exact) mass is 417 g/mol. The minimum absolute atomic E-state index is 0.176. The van der Waals surface area contributed by atoms with Gasteiger partial charge in [-0.15, -0.1) is 11.3 Å². The zero-order valence-corrected chi connectivity index (χ0v) is 16.2. The predicted octanol–water partition coefficient (Wildman–Crippen LogP) is 5.39. The van der Waals surface area contributed by atoms with E-state index >= 15 is 0 Å². The zero-order chi connectivity index (χ0) is 18.8. The fourth-order valence-corrected chi connectivity index (χ4v) is 3.59. The number of hydrogen-bond acceptors (Lipinski definition) is 4. The molecule has 4 aromatic rings. The first-order valence-electron chi connectivity index (χ1n) is 7.99. The minimum atomic E-state index is -0.297.